The summed E-state index contributed by atoms with van der Waals surface area (Å²) in [5.74, 6) is 0. The van der Waals surface area contributed by atoms with Crippen molar-refractivity contribution in [3.63, 3.8) is 0 Å². The van der Waals surface area contributed by atoms with Crippen molar-refractivity contribution in [3.05, 3.63) is 50.9 Å². The second-order valence-electron chi connectivity index (χ2n) is 4.96. The zero-order valence-electron chi connectivity index (χ0n) is 11.8. The molecule has 2 nitrogen and oxygen atoms in total. The molecule has 0 radical (unpaired) electrons. The van der Waals surface area contributed by atoms with Gasteiger partial charge in [0.25, 0.3) is 0 Å². The van der Waals surface area contributed by atoms with Gasteiger partial charge in [-0.05, 0) is 78.0 Å². The third kappa shape index (κ3) is 5.35. The zero-order chi connectivity index (χ0) is 14.2. The molecule has 0 aliphatic carbocycles. The van der Waals surface area contributed by atoms with E-state index in [1.54, 1.807) is 0 Å². The van der Waals surface area contributed by atoms with Crippen LogP contribution < -0.4 is 5.32 Å². The molecule has 2 aromatic heterocycles. The molecule has 0 bridgehead atoms. The van der Waals surface area contributed by atoms with Gasteiger partial charge in [0.1, 0.15) is 0 Å². The molecule has 0 aliphatic heterocycles. The maximum absolute atomic E-state index is 4.07. The first kappa shape index (κ1) is 15.7. The van der Waals surface area contributed by atoms with Crippen molar-refractivity contribution in [3.8, 4) is 0 Å². The topological polar surface area (TPSA) is 24.9 Å². The Balaban J connectivity index is 1.89. The number of hydrogen-bond acceptors (Lipinski definition) is 3. The van der Waals surface area contributed by atoms with Gasteiger partial charge >= 0.3 is 0 Å². The van der Waals surface area contributed by atoms with Gasteiger partial charge in [-0.25, -0.2) is 0 Å². The number of nitrogens with zero attached hydrogens (tertiary/aromatic N) is 1. The number of aryl methyl sites for hydroxylation is 1. The van der Waals surface area contributed by atoms with Crippen LogP contribution in [0.15, 0.2) is 40.4 Å². The second-order valence-corrected chi connectivity index (χ2v) is 7.50. The Kier molecular flexibility index (Phi) is 6.70. The minimum atomic E-state index is 0.550. The molecule has 0 spiro atoms. The van der Waals surface area contributed by atoms with E-state index in [9.17, 15) is 0 Å². The highest BCUT2D eigenvalue weighted by Gasteiger charge is 2.10. The molecule has 108 valence electrons. The Labute approximate surface area is 133 Å². The van der Waals surface area contributed by atoms with Crippen molar-refractivity contribution < 1.29 is 0 Å². The van der Waals surface area contributed by atoms with E-state index in [2.05, 4.69) is 57.4 Å². The molecule has 1 atom stereocenters. The molecule has 0 saturated carbocycles. The lowest BCUT2D eigenvalue weighted by molar-refractivity contribution is 0.480. The zero-order valence-corrected chi connectivity index (χ0v) is 14.2. The molecule has 20 heavy (non-hydrogen) atoms. The lowest BCUT2D eigenvalue weighted by Crippen LogP contribution is -2.32. The standard InChI is InChI=1S/C16H21BrN2S/c1-2-9-19-14(12-15-5-6-16(17)20-15)4-3-13-7-10-18-11-8-13/h5-8,10-11,14,19H,2-4,9,12H2,1H3. The van der Waals surface area contributed by atoms with E-state index >= 15 is 0 Å². The first-order valence-corrected chi connectivity index (χ1v) is 8.75. The minimum Gasteiger partial charge on any atom is -0.314 e. The average molecular weight is 353 g/mol. The average Bonchev–Trinajstić information content (AvgIpc) is 2.88. The third-order valence-electron chi connectivity index (χ3n) is 3.29. The summed E-state index contributed by atoms with van der Waals surface area (Å²) in [7, 11) is 0. The monoisotopic (exact) mass is 352 g/mol. The second kappa shape index (κ2) is 8.55. The van der Waals surface area contributed by atoms with Crippen LogP contribution in [0.1, 0.15) is 30.2 Å². The van der Waals surface area contributed by atoms with E-state index in [0.29, 0.717) is 6.04 Å². The number of aromatic nitrogens is 1. The van der Waals surface area contributed by atoms with Crippen molar-refractivity contribution in [2.45, 2.75) is 38.6 Å². The van der Waals surface area contributed by atoms with Gasteiger partial charge in [0, 0.05) is 23.3 Å². The highest BCUT2D eigenvalue weighted by Crippen LogP contribution is 2.23. The molecule has 0 aliphatic rings. The summed E-state index contributed by atoms with van der Waals surface area (Å²) in [4.78, 5) is 5.52. The highest BCUT2D eigenvalue weighted by atomic mass is 79.9. The fourth-order valence-electron chi connectivity index (χ4n) is 2.22. The summed E-state index contributed by atoms with van der Waals surface area (Å²) in [6, 6.07) is 9.13. The first-order valence-electron chi connectivity index (χ1n) is 7.14. The predicted molar refractivity (Wildman–Crippen MR) is 90.4 cm³/mol. The molecular weight excluding hydrogens is 332 g/mol. The van der Waals surface area contributed by atoms with Gasteiger partial charge in [0.05, 0.1) is 3.79 Å². The summed E-state index contributed by atoms with van der Waals surface area (Å²) in [6.45, 7) is 3.31. The molecular formula is C16H21BrN2S. The van der Waals surface area contributed by atoms with E-state index in [1.807, 2.05) is 23.7 Å². The molecule has 0 aromatic carbocycles. The van der Waals surface area contributed by atoms with Gasteiger partial charge in [-0.1, -0.05) is 6.92 Å². The molecule has 1 unspecified atom stereocenters. The normalized spacial score (nSPS) is 12.5. The van der Waals surface area contributed by atoms with Gasteiger partial charge in [-0.2, -0.15) is 0 Å². The van der Waals surface area contributed by atoms with Crippen LogP contribution in [0.2, 0.25) is 0 Å². The van der Waals surface area contributed by atoms with E-state index in [4.69, 9.17) is 0 Å². The first-order chi connectivity index (χ1) is 9.78. The maximum Gasteiger partial charge on any atom is 0.0701 e. The summed E-state index contributed by atoms with van der Waals surface area (Å²) in [6.07, 6.45) is 8.32. The van der Waals surface area contributed by atoms with Crippen molar-refractivity contribution in [1.29, 1.82) is 0 Å². The van der Waals surface area contributed by atoms with E-state index in [0.717, 1.165) is 19.4 Å². The number of rotatable bonds is 8. The van der Waals surface area contributed by atoms with Crippen molar-refractivity contribution in [2.75, 3.05) is 6.54 Å². The number of hydrogen-bond donors (Lipinski definition) is 1. The molecule has 1 N–H and O–H groups in total. The molecule has 0 saturated heterocycles. The Morgan fingerprint density at radius 3 is 2.70 bits per heavy atom. The molecule has 2 aromatic rings. The Morgan fingerprint density at radius 1 is 1.25 bits per heavy atom. The molecule has 4 heteroatoms. The quantitative estimate of drug-likeness (QED) is 0.758. The summed E-state index contributed by atoms with van der Waals surface area (Å²) in [5.41, 5.74) is 1.37. The van der Waals surface area contributed by atoms with Gasteiger partial charge < -0.3 is 5.32 Å². The SMILES string of the molecule is CCCNC(CCc1ccncc1)Cc1ccc(Br)s1. The molecule has 2 heterocycles. The number of pyridine rings is 1. The smallest absolute Gasteiger partial charge is 0.0701 e. The summed E-state index contributed by atoms with van der Waals surface area (Å²) >= 11 is 5.38. The summed E-state index contributed by atoms with van der Waals surface area (Å²) in [5, 5.41) is 3.67. The van der Waals surface area contributed by atoms with Crippen LogP contribution in [0.25, 0.3) is 0 Å². The van der Waals surface area contributed by atoms with E-state index in [1.165, 1.54) is 27.1 Å². The lowest BCUT2D eigenvalue weighted by Gasteiger charge is -2.17. The van der Waals surface area contributed by atoms with Crippen LogP contribution in [0.5, 0.6) is 0 Å². The van der Waals surface area contributed by atoms with Crippen LogP contribution in [0.4, 0.5) is 0 Å². The Morgan fingerprint density at radius 2 is 2.05 bits per heavy atom. The van der Waals surface area contributed by atoms with Crippen LogP contribution in [0.3, 0.4) is 0 Å². The van der Waals surface area contributed by atoms with E-state index < -0.39 is 0 Å². The fourth-order valence-corrected chi connectivity index (χ4v) is 3.78. The van der Waals surface area contributed by atoms with E-state index in [-0.39, 0.29) is 0 Å². The fraction of sp³-hybridized carbons (Fsp3) is 0.438. The molecule has 0 fully saturated rings. The lowest BCUT2D eigenvalue weighted by atomic mass is 10.0. The molecule has 2 rings (SSSR count). The predicted octanol–water partition coefficient (Wildman–Crippen LogP) is 4.45. The van der Waals surface area contributed by atoms with Crippen molar-refractivity contribution in [1.82, 2.24) is 10.3 Å². The van der Waals surface area contributed by atoms with Crippen LogP contribution in [-0.4, -0.2) is 17.6 Å². The maximum atomic E-state index is 4.07. The van der Waals surface area contributed by atoms with Gasteiger partial charge in [0.15, 0.2) is 0 Å². The van der Waals surface area contributed by atoms with Crippen molar-refractivity contribution in [2.24, 2.45) is 0 Å². The van der Waals surface area contributed by atoms with Gasteiger partial charge in [-0.15, -0.1) is 11.3 Å². The number of nitrogens with one attached hydrogen (secondary N) is 1. The number of thiophene rings is 1. The van der Waals surface area contributed by atoms with Crippen LogP contribution >= 0.6 is 27.3 Å². The van der Waals surface area contributed by atoms with Crippen LogP contribution in [-0.2, 0) is 12.8 Å². The Hall–Kier alpha value is -0.710. The van der Waals surface area contributed by atoms with Gasteiger partial charge in [0.2, 0.25) is 0 Å². The minimum absolute atomic E-state index is 0.550. The third-order valence-corrected chi connectivity index (χ3v) is 4.94. The van der Waals surface area contributed by atoms with Crippen molar-refractivity contribution >= 4 is 27.3 Å². The number of halogens is 1. The highest BCUT2D eigenvalue weighted by molar-refractivity contribution is 9.11. The van der Waals surface area contributed by atoms with Crippen LogP contribution in [0, 0.1) is 0 Å². The molecule has 0 amide bonds. The Bertz CT molecular complexity index is 498. The van der Waals surface area contributed by atoms with Gasteiger partial charge in [-0.3, -0.25) is 4.98 Å². The summed E-state index contributed by atoms with van der Waals surface area (Å²) < 4.78 is 1.22. The largest absolute Gasteiger partial charge is 0.314 e.